The first kappa shape index (κ1) is 18.3. The molecule has 1 N–H and O–H groups in total. The third-order valence-electron chi connectivity index (χ3n) is 4.95. The summed E-state index contributed by atoms with van der Waals surface area (Å²) in [5.74, 6) is 0.904. The first-order chi connectivity index (χ1) is 14.7. The molecule has 0 saturated heterocycles. The van der Waals surface area contributed by atoms with Crippen LogP contribution in [0, 0.1) is 0 Å². The monoisotopic (exact) mass is 414 g/mol. The van der Waals surface area contributed by atoms with Crippen molar-refractivity contribution < 1.29 is 9.53 Å². The van der Waals surface area contributed by atoms with E-state index in [0.29, 0.717) is 10.9 Å². The zero-order chi connectivity index (χ0) is 20.5. The maximum Gasteiger partial charge on any atom is 0.250 e. The van der Waals surface area contributed by atoms with Crippen LogP contribution in [0.25, 0.3) is 27.0 Å². The van der Waals surface area contributed by atoms with Gasteiger partial charge in [0, 0.05) is 10.9 Å². The van der Waals surface area contributed by atoms with Crippen molar-refractivity contribution in [3.63, 3.8) is 0 Å². The van der Waals surface area contributed by atoms with Gasteiger partial charge in [-0.2, -0.15) is 4.98 Å². The number of hydrogen-bond donors (Lipinski definition) is 1. The average molecular weight is 414 g/mol. The number of ether oxygens (including phenoxy) is 1. The van der Waals surface area contributed by atoms with Gasteiger partial charge in [0.25, 0.3) is 0 Å². The molecule has 6 nitrogen and oxygen atoms in total. The lowest BCUT2D eigenvalue weighted by molar-refractivity contribution is -0.115. The summed E-state index contributed by atoms with van der Waals surface area (Å²) in [6.45, 7) is 0. The molecule has 30 heavy (non-hydrogen) atoms. The van der Waals surface area contributed by atoms with E-state index in [2.05, 4.69) is 15.4 Å². The second-order valence-corrected chi connectivity index (χ2v) is 7.65. The van der Waals surface area contributed by atoms with Crippen LogP contribution in [0.1, 0.15) is 5.56 Å². The number of thiazole rings is 1. The summed E-state index contributed by atoms with van der Waals surface area (Å²) < 4.78 is 7.20. The van der Waals surface area contributed by atoms with Crippen LogP contribution in [0.15, 0.2) is 72.1 Å². The summed E-state index contributed by atoms with van der Waals surface area (Å²) in [5, 5.41) is 11.5. The van der Waals surface area contributed by atoms with E-state index in [1.807, 2.05) is 72.1 Å². The minimum atomic E-state index is -0.150. The van der Waals surface area contributed by atoms with E-state index in [1.54, 1.807) is 11.6 Å². The van der Waals surface area contributed by atoms with Gasteiger partial charge in [-0.05, 0) is 28.5 Å². The molecule has 0 aliphatic heterocycles. The largest absolute Gasteiger partial charge is 0.496 e. The lowest BCUT2D eigenvalue weighted by Gasteiger charge is -2.06. The number of carbonyl (C=O) groups is 1. The third kappa shape index (κ3) is 3.29. The summed E-state index contributed by atoms with van der Waals surface area (Å²) in [4.78, 5) is 17.8. The van der Waals surface area contributed by atoms with E-state index in [0.717, 1.165) is 33.3 Å². The molecule has 0 saturated carbocycles. The number of rotatable bonds is 5. The van der Waals surface area contributed by atoms with Crippen molar-refractivity contribution in [3.05, 3.63) is 77.7 Å². The van der Waals surface area contributed by atoms with E-state index in [9.17, 15) is 4.79 Å². The summed E-state index contributed by atoms with van der Waals surface area (Å²) in [5.41, 5.74) is 2.76. The highest BCUT2D eigenvalue weighted by molar-refractivity contribution is 7.15. The molecule has 148 valence electrons. The normalized spacial score (nSPS) is 11.1. The second-order valence-electron chi connectivity index (χ2n) is 6.81. The van der Waals surface area contributed by atoms with Crippen LogP contribution in [0.2, 0.25) is 0 Å². The quantitative estimate of drug-likeness (QED) is 0.449. The molecule has 0 unspecified atom stereocenters. The van der Waals surface area contributed by atoms with E-state index in [4.69, 9.17) is 4.74 Å². The molecule has 0 radical (unpaired) electrons. The number of anilines is 1. The first-order valence-electron chi connectivity index (χ1n) is 9.47. The van der Waals surface area contributed by atoms with Crippen LogP contribution < -0.4 is 10.1 Å². The van der Waals surface area contributed by atoms with Gasteiger partial charge in [-0.3, -0.25) is 10.1 Å². The van der Waals surface area contributed by atoms with Crippen LogP contribution in [0.4, 0.5) is 5.95 Å². The van der Waals surface area contributed by atoms with Crippen LogP contribution in [0.5, 0.6) is 5.75 Å². The van der Waals surface area contributed by atoms with Crippen molar-refractivity contribution in [3.8, 4) is 17.0 Å². The molecule has 7 heteroatoms. The summed E-state index contributed by atoms with van der Waals surface area (Å²) in [6.07, 6.45) is 0.258. The molecule has 0 aliphatic rings. The SMILES string of the molecule is COc1ccccc1-c1csc2nc(NC(=O)Cc3cccc4ccccc34)nn12. The predicted octanol–water partition coefficient (Wildman–Crippen LogP) is 4.80. The number of nitrogens with zero attached hydrogens (tertiary/aromatic N) is 3. The van der Waals surface area contributed by atoms with Crippen molar-refractivity contribution in [1.29, 1.82) is 0 Å². The summed E-state index contributed by atoms with van der Waals surface area (Å²) in [6, 6.07) is 21.8. The molecule has 1 amide bonds. The van der Waals surface area contributed by atoms with Crippen LogP contribution in [-0.4, -0.2) is 27.6 Å². The number of para-hydroxylation sites is 1. The predicted molar refractivity (Wildman–Crippen MR) is 119 cm³/mol. The minimum Gasteiger partial charge on any atom is -0.496 e. The van der Waals surface area contributed by atoms with Gasteiger partial charge in [-0.15, -0.1) is 16.4 Å². The van der Waals surface area contributed by atoms with Gasteiger partial charge in [-0.25, -0.2) is 4.52 Å². The Bertz CT molecular complexity index is 1370. The lowest BCUT2D eigenvalue weighted by atomic mass is 10.0. The Hall–Kier alpha value is -3.71. The molecule has 2 heterocycles. The molecule has 5 aromatic rings. The molecule has 0 fully saturated rings. The minimum absolute atomic E-state index is 0.150. The van der Waals surface area contributed by atoms with Gasteiger partial charge in [-0.1, -0.05) is 54.6 Å². The van der Waals surface area contributed by atoms with E-state index in [1.165, 1.54) is 11.3 Å². The number of methoxy groups -OCH3 is 1. The fourth-order valence-corrected chi connectivity index (χ4v) is 4.39. The Morgan fingerprint density at radius 2 is 1.87 bits per heavy atom. The topological polar surface area (TPSA) is 68.5 Å². The number of benzene rings is 3. The van der Waals surface area contributed by atoms with E-state index >= 15 is 0 Å². The van der Waals surface area contributed by atoms with Gasteiger partial charge in [0.1, 0.15) is 5.75 Å². The fourth-order valence-electron chi connectivity index (χ4n) is 3.56. The van der Waals surface area contributed by atoms with Gasteiger partial charge in [0.2, 0.25) is 16.8 Å². The number of carbonyl (C=O) groups excluding carboxylic acids is 1. The smallest absolute Gasteiger partial charge is 0.250 e. The summed E-state index contributed by atoms with van der Waals surface area (Å²) in [7, 11) is 1.64. The first-order valence-corrected chi connectivity index (χ1v) is 10.3. The molecule has 0 atom stereocenters. The number of fused-ring (bicyclic) bond motifs is 2. The van der Waals surface area contributed by atoms with Gasteiger partial charge in [0.05, 0.1) is 19.2 Å². The molecule has 0 aliphatic carbocycles. The van der Waals surface area contributed by atoms with Crippen molar-refractivity contribution in [2.75, 3.05) is 12.4 Å². The van der Waals surface area contributed by atoms with Crippen molar-refractivity contribution >= 4 is 38.9 Å². The van der Waals surface area contributed by atoms with Crippen molar-refractivity contribution in [2.24, 2.45) is 0 Å². The number of aromatic nitrogens is 3. The van der Waals surface area contributed by atoms with Gasteiger partial charge >= 0.3 is 0 Å². The van der Waals surface area contributed by atoms with Crippen LogP contribution in [0.3, 0.4) is 0 Å². The van der Waals surface area contributed by atoms with Gasteiger partial charge < -0.3 is 4.74 Å². The van der Waals surface area contributed by atoms with E-state index in [-0.39, 0.29) is 12.3 Å². The van der Waals surface area contributed by atoms with Crippen LogP contribution in [-0.2, 0) is 11.2 Å². The Labute approximate surface area is 176 Å². The van der Waals surface area contributed by atoms with Gasteiger partial charge in [0.15, 0.2) is 0 Å². The number of nitrogens with one attached hydrogen (secondary N) is 1. The highest BCUT2D eigenvalue weighted by atomic mass is 32.1. The Morgan fingerprint density at radius 1 is 1.07 bits per heavy atom. The Kier molecular flexibility index (Phi) is 4.65. The van der Waals surface area contributed by atoms with Crippen LogP contribution >= 0.6 is 11.3 Å². The third-order valence-corrected chi connectivity index (χ3v) is 5.76. The van der Waals surface area contributed by atoms with E-state index < -0.39 is 0 Å². The number of amides is 1. The molecule has 5 rings (SSSR count). The molecular formula is C23H18N4O2S. The average Bonchev–Trinajstić information content (AvgIpc) is 3.34. The van der Waals surface area contributed by atoms with Crippen molar-refractivity contribution in [2.45, 2.75) is 6.42 Å². The summed E-state index contributed by atoms with van der Waals surface area (Å²) >= 11 is 1.46. The zero-order valence-electron chi connectivity index (χ0n) is 16.2. The molecule has 2 aromatic heterocycles. The molecule has 3 aromatic carbocycles. The molecule has 0 bridgehead atoms. The standard InChI is InChI=1S/C23H18N4O2S/c1-29-20-12-5-4-11-18(20)19-14-30-23-25-22(26-27(19)23)24-21(28)13-16-9-6-8-15-7-2-3-10-17(15)16/h2-12,14H,13H2,1H3,(H,24,26,28). The second kappa shape index (κ2) is 7.61. The van der Waals surface area contributed by atoms with Crippen molar-refractivity contribution in [1.82, 2.24) is 14.6 Å². The Balaban J connectivity index is 1.41. The Morgan fingerprint density at radius 3 is 2.77 bits per heavy atom. The number of hydrogen-bond acceptors (Lipinski definition) is 5. The maximum atomic E-state index is 12.7. The highest BCUT2D eigenvalue weighted by Gasteiger charge is 2.16. The lowest BCUT2D eigenvalue weighted by Crippen LogP contribution is -2.15. The molecule has 0 spiro atoms. The zero-order valence-corrected chi connectivity index (χ0v) is 17.0. The fraction of sp³-hybridized carbons (Fsp3) is 0.0870. The highest BCUT2D eigenvalue weighted by Crippen LogP contribution is 2.32. The maximum absolute atomic E-state index is 12.7. The molecular weight excluding hydrogens is 396 g/mol.